The Kier molecular flexibility index (Phi) is 6.96. The number of rotatable bonds is 8. The average molecular weight is 286 g/mol. The lowest BCUT2D eigenvalue weighted by molar-refractivity contribution is -0.163. The van der Waals surface area contributed by atoms with Gasteiger partial charge in [-0.15, -0.1) is 0 Å². The Balaban J connectivity index is 4.36. The first kappa shape index (κ1) is 18.1. The number of esters is 2. The zero-order chi connectivity index (χ0) is 15.9. The fourth-order valence-electron chi connectivity index (χ4n) is 1.19. The molecule has 1 atom stereocenters. The number of carbonyl (C=O) groups is 3. The molecule has 0 heterocycles. The van der Waals surface area contributed by atoms with Crippen LogP contribution in [0.4, 0.5) is 0 Å². The molecule has 0 fully saturated rings. The zero-order valence-corrected chi connectivity index (χ0v) is 12.4. The first-order valence-corrected chi connectivity index (χ1v) is 6.35. The third kappa shape index (κ3) is 6.36. The van der Waals surface area contributed by atoms with E-state index < -0.39 is 29.4 Å². The van der Waals surface area contributed by atoms with E-state index in [2.05, 4.69) is 6.58 Å². The van der Waals surface area contributed by atoms with Crippen LogP contribution in [0.3, 0.4) is 0 Å². The lowest BCUT2D eigenvalue weighted by atomic mass is 9.90. The summed E-state index contributed by atoms with van der Waals surface area (Å²) in [7, 11) is 0. The molecule has 0 aromatic carbocycles. The molecule has 20 heavy (non-hydrogen) atoms. The minimum Gasteiger partial charge on any atom is -0.481 e. The van der Waals surface area contributed by atoms with Crippen LogP contribution >= 0.6 is 0 Å². The number of hydrogen-bond donors (Lipinski definition) is 1. The molecular weight excluding hydrogens is 264 g/mol. The van der Waals surface area contributed by atoms with Crippen molar-refractivity contribution in [2.75, 3.05) is 6.61 Å². The number of carbonyl (C=O) groups excluding carboxylic acids is 2. The Morgan fingerprint density at radius 2 is 1.85 bits per heavy atom. The number of ether oxygens (including phenoxy) is 2. The molecule has 0 saturated carbocycles. The Hall–Kier alpha value is -1.85. The van der Waals surface area contributed by atoms with Gasteiger partial charge in [-0.2, -0.15) is 0 Å². The number of hydrogen-bond acceptors (Lipinski definition) is 5. The molecule has 0 aliphatic carbocycles. The molecule has 0 aromatic rings. The van der Waals surface area contributed by atoms with E-state index in [9.17, 15) is 14.4 Å². The largest absolute Gasteiger partial charge is 0.481 e. The molecule has 1 N–H and O–H groups in total. The zero-order valence-electron chi connectivity index (χ0n) is 12.4. The SMILES string of the molecule is C=C(C)C(=O)OCC(CC)OC(=O)CC(C)(C)C(=O)O. The average Bonchev–Trinajstić information content (AvgIpc) is 2.32. The third-order valence-corrected chi connectivity index (χ3v) is 2.67. The molecule has 0 aliphatic rings. The Morgan fingerprint density at radius 1 is 1.30 bits per heavy atom. The monoisotopic (exact) mass is 286 g/mol. The van der Waals surface area contributed by atoms with Crippen molar-refractivity contribution in [1.82, 2.24) is 0 Å². The van der Waals surface area contributed by atoms with Gasteiger partial charge in [-0.1, -0.05) is 13.5 Å². The summed E-state index contributed by atoms with van der Waals surface area (Å²) < 4.78 is 10.0. The molecule has 0 aromatic heterocycles. The highest BCUT2D eigenvalue weighted by Crippen LogP contribution is 2.21. The molecule has 6 nitrogen and oxygen atoms in total. The second-order valence-corrected chi connectivity index (χ2v) is 5.26. The van der Waals surface area contributed by atoms with Crippen molar-refractivity contribution in [1.29, 1.82) is 0 Å². The molecule has 0 radical (unpaired) electrons. The van der Waals surface area contributed by atoms with E-state index in [4.69, 9.17) is 14.6 Å². The molecule has 0 saturated heterocycles. The highest BCUT2D eigenvalue weighted by Gasteiger charge is 2.31. The lowest BCUT2D eigenvalue weighted by Gasteiger charge is -2.21. The molecule has 1 unspecified atom stereocenters. The molecule has 0 amide bonds. The summed E-state index contributed by atoms with van der Waals surface area (Å²) >= 11 is 0. The van der Waals surface area contributed by atoms with Gasteiger partial charge in [-0.25, -0.2) is 4.79 Å². The van der Waals surface area contributed by atoms with Crippen LogP contribution in [0.25, 0.3) is 0 Å². The normalized spacial score (nSPS) is 12.4. The van der Waals surface area contributed by atoms with E-state index in [1.807, 2.05) is 0 Å². The Bertz CT molecular complexity index is 396. The maximum Gasteiger partial charge on any atom is 0.333 e. The van der Waals surface area contributed by atoms with Gasteiger partial charge in [0.1, 0.15) is 12.7 Å². The Labute approximate surface area is 118 Å². The van der Waals surface area contributed by atoms with Crippen molar-refractivity contribution in [3.8, 4) is 0 Å². The smallest absolute Gasteiger partial charge is 0.333 e. The topological polar surface area (TPSA) is 89.9 Å². The minimum atomic E-state index is -1.19. The van der Waals surface area contributed by atoms with Crippen molar-refractivity contribution in [2.45, 2.75) is 46.6 Å². The van der Waals surface area contributed by atoms with Gasteiger partial charge in [0.15, 0.2) is 0 Å². The van der Waals surface area contributed by atoms with Crippen LogP contribution in [-0.2, 0) is 23.9 Å². The quantitative estimate of drug-likeness (QED) is 0.541. The molecule has 0 bridgehead atoms. The summed E-state index contributed by atoms with van der Waals surface area (Å²) in [4.78, 5) is 33.8. The van der Waals surface area contributed by atoms with Gasteiger partial charge in [-0.3, -0.25) is 9.59 Å². The van der Waals surface area contributed by atoms with Crippen molar-refractivity contribution in [3.63, 3.8) is 0 Å². The number of carboxylic acids is 1. The first-order valence-electron chi connectivity index (χ1n) is 6.35. The molecule has 0 rings (SSSR count). The predicted molar refractivity (Wildman–Crippen MR) is 72.0 cm³/mol. The molecule has 0 spiro atoms. The van der Waals surface area contributed by atoms with Crippen LogP contribution in [0.1, 0.15) is 40.5 Å². The Morgan fingerprint density at radius 3 is 2.25 bits per heavy atom. The second kappa shape index (κ2) is 7.67. The van der Waals surface area contributed by atoms with Crippen molar-refractivity contribution < 1.29 is 29.0 Å². The van der Waals surface area contributed by atoms with Crippen molar-refractivity contribution in [3.05, 3.63) is 12.2 Å². The molecule has 114 valence electrons. The van der Waals surface area contributed by atoms with Crippen LogP contribution in [-0.4, -0.2) is 35.7 Å². The standard InChI is InChI=1S/C14H22O6/c1-6-10(8-19-12(16)9(2)3)20-11(15)7-14(4,5)13(17)18/h10H,2,6-8H2,1,3-5H3,(H,17,18). The molecule has 6 heteroatoms. The summed E-state index contributed by atoms with van der Waals surface area (Å²) in [5.74, 6) is -2.25. The summed E-state index contributed by atoms with van der Waals surface area (Å²) in [6, 6.07) is 0. The van der Waals surface area contributed by atoms with Crippen LogP contribution in [0.2, 0.25) is 0 Å². The minimum absolute atomic E-state index is 0.0680. The van der Waals surface area contributed by atoms with Crippen molar-refractivity contribution in [2.24, 2.45) is 5.41 Å². The molecular formula is C14H22O6. The second-order valence-electron chi connectivity index (χ2n) is 5.26. The van der Waals surface area contributed by atoms with Gasteiger partial charge >= 0.3 is 17.9 Å². The number of aliphatic carboxylic acids is 1. The highest BCUT2D eigenvalue weighted by molar-refractivity contribution is 5.87. The van der Waals surface area contributed by atoms with Crippen LogP contribution < -0.4 is 0 Å². The van der Waals surface area contributed by atoms with E-state index in [1.165, 1.54) is 20.8 Å². The van der Waals surface area contributed by atoms with Crippen LogP contribution in [0, 0.1) is 5.41 Å². The number of carboxylic acid groups (broad SMARTS) is 1. The van der Waals surface area contributed by atoms with Gasteiger partial charge in [0.05, 0.1) is 11.8 Å². The van der Waals surface area contributed by atoms with Gasteiger partial charge in [0, 0.05) is 5.57 Å². The lowest BCUT2D eigenvalue weighted by Crippen LogP contribution is -2.31. The van der Waals surface area contributed by atoms with E-state index in [-0.39, 0.29) is 18.6 Å². The van der Waals surface area contributed by atoms with Gasteiger partial charge in [-0.05, 0) is 27.2 Å². The van der Waals surface area contributed by atoms with Gasteiger partial charge < -0.3 is 14.6 Å². The highest BCUT2D eigenvalue weighted by atomic mass is 16.6. The van der Waals surface area contributed by atoms with E-state index in [0.717, 1.165) is 0 Å². The summed E-state index contributed by atoms with van der Waals surface area (Å²) in [6.07, 6.45) is -0.369. The fourth-order valence-corrected chi connectivity index (χ4v) is 1.19. The van der Waals surface area contributed by atoms with E-state index in [0.29, 0.717) is 6.42 Å². The summed E-state index contributed by atoms with van der Waals surface area (Å²) in [5, 5.41) is 8.93. The maximum absolute atomic E-state index is 11.7. The van der Waals surface area contributed by atoms with E-state index in [1.54, 1.807) is 6.92 Å². The van der Waals surface area contributed by atoms with Gasteiger partial charge in [0.25, 0.3) is 0 Å². The van der Waals surface area contributed by atoms with Crippen LogP contribution in [0.5, 0.6) is 0 Å². The van der Waals surface area contributed by atoms with Crippen molar-refractivity contribution >= 4 is 17.9 Å². The van der Waals surface area contributed by atoms with E-state index >= 15 is 0 Å². The summed E-state index contributed by atoms with van der Waals surface area (Å²) in [5.41, 5.74) is -0.929. The first-order chi connectivity index (χ1) is 9.10. The predicted octanol–water partition coefficient (Wildman–Crippen LogP) is 1.93. The summed E-state index contributed by atoms with van der Waals surface area (Å²) in [6.45, 7) is 9.55. The van der Waals surface area contributed by atoms with Crippen LogP contribution in [0.15, 0.2) is 12.2 Å². The maximum atomic E-state index is 11.7. The van der Waals surface area contributed by atoms with Gasteiger partial charge in [0.2, 0.25) is 0 Å². The third-order valence-electron chi connectivity index (χ3n) is 2.67. The molecule has 0 aliphatic heterocycles. The fraction of sp³-hybridized carbons (Fsp3) is 0.643.